The minimum absolute atomic E-state index is 0.164. The fraction of sp³-hybridized carbons (Fsp3) is 0.286. The van der Waals surface area contributed by atoms with Crippen molar-refractivity contribution >= 4 is 16.9 Å². The molecule has 0 aliphatic rings. The van der Waals surface area contributed by atoms with E-state index in [9.17, 15) is 19.1 Å². The Morgan fingerprint density at radius 3 is 2.69 bits per heavy atom. The maximum Gasteiger partial charge on any atom is 0.267 e. The highest BCUT2D eigenvalue weighted by Gasteiger charge is 2.22. The van der Waals surface area contributed by atoms with E-state index in [0.29, 0.717) is 31.5 Å². The van der Waals surface area contributed by atoms with Gasteiger partial charge in [0, 0.05) is 33.5 Å². The average molecular weight is 399 g/mol. The van der Waals surface area contributed by atoms with E-state index in [1.165, 1.54) is 23.7 Å². The van der Waals surface area contributed by atoms with Crippen molar-refractivity contribution < 1.29 is 19.0 Å². The van der Waals surface area contributed by atoms with Gasteiger partial charge in [0.25, 0.3) is 11.5 Å². The molecule has 8 heteroatoms. The number of fused-ring (bicyclic) bond motifs is 1. The highest BCUT2D eigenvalue weighted by atomic mass is 19.1. The normalized spacial score (nSPS) is 11.0. The molecule has 2 aromatic heterocycles. The smallest absolute Gasteiger partial charge is 0.267 e. The molecule has 0 unspecified atom stereocenters. The average Bonchev–Trinajstić information content (AvgIpc) is 2.71. The summed E-state index contributed by atoms with van der Waals surface area (Å²) in [5.41, 5.74) is 1.29. The number of aromatic nitrogens is 2. The first kappa shape index (κ1) is 20.5. The first-order chi connectivity index (χ1) is 13.9. The van der Waals surface area contributed by atoms with Gasteiger partial charge in [0.1, 0.15) is 16.9 Å². The maximum atomic E-state index is 13.1. The number of nitrogens with zero attached hydrogens (tertiary/aromatic N) is 2. The standard InChI is InChI=1S/C21H22FN3O4/c1-25-16-11-14(10-13-4-6-15(22)7-5-13)12-24-18(16)19(26)17(21(25)28)20(27)23-8-3-9-29-2/h4-7,11-12,26H,3,8-10H2,1-2H3,(H,23,27). The van der Waals surface area contributed by atoms with Gasteiger partial charge >= 0.3 is 0 Å². The van der Waals surface area contributed by atoms with Gasteiger partial charge in [0.2, 0.25) is 0 Å². The Labute approximate surface area is 166 Å². The molecule has 29 heavy (non-hydrogen) atoms. The van der Waals surface area contributed by atoms with E-state index in [1.54, 1.807) is 31.5 Å². The number of methoxy groups -OCH3 is 1. The second-order valence-corrected chi connectivity index (χ2v) is 6.70. The molecule has 3 rings (SSSR count). The van der Waals surface area contributed by atoms with Crippen molar-refractivity contribution in [2.24, 2.45) is 7.05 Å². The van der Waals surface area contributed by atoms with Crippen LogP contribution in [0, 0.1) is 5.82 Å². The van der Waals surface area contributed by atoms with Gasteiger partial charge in [-0.25, -0.2) is 4.39 Å². The number of nitrogens with one attached hydrogen (secondary N) is 1. The summed E-state index contributed by atoms with van der Waals surface area (Å²) in [5.74, 6) is -1.41. The third kappa shape index (κ3) is 4.43. The number of aromatic hydroxyl groups is 1. The Morgan fingerprint density at radius 1 is 1.28 bits per heavy atom. The number of carbonyl (C=O) groups is 1. The molecule has 0 saturated carbocycles. The van der Waals surface area contributed by atoms with Gasteiger partial charge in [-0.15, -0.1) is 0 Å². The van der Waals surface area contributed by atoms with Gasteiger partial charge in [-0.3, -0.25) is 14.6 Å². The SMILES string of the molecule is COCCCNC(=O)c1c(O)c2ncc(Cc3ccc(F)cc3)cc2n(C)c1=O. The van der Waals surface area contributed by atoms with Gasteiger partial charge < -0.3 is 19.7 Å². The molecule has 0 atom stereocenters. The van der Waals surface area contributed by atoms with Crippen molar-refractivity contribution in [2.45, 2.75) is 12.8 Å². The fourth-order valence-electron chi connectivity index (χ4n) is 3.08. The molecule has 2 heterocycles. The predicted octanol–water partition coefficient (Wildman–Crippen LogP) is 2.14. The number of carbonyl (C=O) groups excluding carboxylic acids is 1. The first-order valence-electron chi connectivity index (χ1n) is 9.14. The number of ether oxygens (including phenoxy) is 1. The number of amides is 1. The molecule has 0 radical (unpaired) electrons. The predicted molar refractivity (Wildman–Crippen MR) is 107 cm³/mol. The molecule has 1 amide bonds. The quantitative estimate of drug-likeness (QED) is 0.594. The van der Waals surface area contributed by atoms with Gasteiger partial charge in [-0.1, -0.05) is 12.1 Å². The van der Waals surface area contributed by atoms with Crippen molar-refractivity contribution in [1.82, 2.24) is 14.9 Å². The van der Waals surface area contributed by atoms with E-state index >= 15 is 0 Å². The largest absolute Gasteiger partial charge is 0.505 e. The van der Waals surface area contributed by atoms with Crippen LogP contribution in [0.4, 0.5) is 4.39 Å². The number of pyridine rings is 2. The summed E-state index contributed by atoms with van der Waals surface area (Å²) in [6, 6.07) is 7.83. The third-order valence-corrected chi connectivity index (χ3v) is 4.62. The zero-order valence-corrected chi connectivity index (χ0v) is 16.2. The van der Waals surface area contributed by atoms with E-state index in [1.807, 2.05) is 0 Å². The molecule has 2 N–H and O–H groups in total. The lowest BCUT2D eigenvalue weighted by molar-refractivity contribution is 0.0944. The zero-order valence-electron chi connectivity index (χ0n) is 16.2. The second kappa shape index (κ2) is 8.83. The molecule has 7 nitrogen and oxygen atoms in total. The summed E-state index contributed by atoms with van der Waals surface area (Å²) < 4.78 is 19.3. The number of aryl methyl sites for hydroxylation is 1. The summed E-state index contributed by atoms with van der Waals surface area (Å²) in [6.07, 6.45) is 2.64. The van der Waals surface area contributed by atoms with Crippen molar-refractivity contribution in [3.63, 3.8) is 0 Å². The molecule has 0 fully saturated rings. The van der Waals surface area contributed by atoms with E-state index in [0.717, 1.165) is 11.1 Å². The highest BCUT2D eigenvalue weighted by Crippen LogP contribution is 2.25. The molecular weight excluding hydrogens is 377 g/mol. The summed E-state index contributed by atoms with van der Waals surface area (Å²) in [6.45, 7) is 0.789. The molecular formula is C21H22FN3O4. The van der Waals surface area contributed by atoms with Crippen LogP contribution in [0.2, 0.25) is 0 Å². The minimum Gasteiger partial charge on any atom is -0.505 e. The molecule has 0 saturated heterocycles. The zero-order chi connectivity index (χ0) is 21.0. The number of benzene rings is 1. The summed E-state index contributed by atoms with van der Waals surface area (Å²) in [4.78, 5) is 29.4. The molecule has 0 aliphatic carbocycles. The molecule has 152 valence electrons. The third-order valence-electron chi connectivity index (χ3n) is 4.62. The first-order valence-corrected chi connectivity index (χ1v) is 9.14. The highest BCUT2D eigenvalue weighted by molar-refractivity contribution is 6.01. The molecule has 1 aromatic carbocycles. The van der Waals surface area contributed by atoms with Crippen molar-refractivity contribution in [2.75, 3.05) is 20.3 Å². The Morgan fingerprint density at radius 2 is 2.00 bits per heavy atom. The maximum absolute atomic E-state index is 13.1. The topological polar surface area (TPSA) is 93.4 Å². The number of hydrogen-bond donors (Lipinski definition) is 2. The Balaban J connectivity index is 1.94. The van der Waals surface area contributed by atoms with Crippen LogP contribution in [0.25, 0.3) is 11.0 Å². The molecule has 3 aromatic rings. The van der Waals surface area contributed by atoms with Gasteiger partial charge in [0.05, 0.1) is 5.52 Å². The number of hydrogen-bond acceptors (Lipinski definition) is 5. The molecule has 0 bridgehead atoms. The van der Waals surface area contributed by atoms with Gasteiger partial charge in [-0.2, -0.15) is 0 Å². The summed E-state index contributed by atoms with van der Waals surface area (Å²) >= 11 is 0. The lowest BCUT2D eigenvalue weighted by atomic mass is 10.1. The molecule has 0 spiro atoms. The lowest BCUT2D eigenvalue weighted by Crippen LogP contribution is -2.33. The van der Waals surface area contributed by atoms with Crippen LogP contribution in [-0.4, -0.2) is 40.8 Å². The van der Waals surface area contributed by atoms with Crippen LogP contribution in [0.3, 0.4) is 0 Å². The van der Waals surface area contributed by atoms with Crippen molar-refractivity contribution in [3.05, 3.63) is 69.4 Å². The van der Waals surface area contributed by atoms with E-state index in [-0.39, 0.29) is 16.9 Å². The van der Waals surface area contributed by atoms with Crippen LogP contribution in [0.5, 0.6) is 5.75 Å². The lowest BCUT2D eigenvalue weighted by Gasteiger charge is -2.12. The van der Waals surface area contributed by atoms with Crippen LogP contribution in [0.15, 0.2) is 41.3 Å². The Hall–Kier alpha value is -3.26. The minimum atomic E-state index is -0.654. The van der Waals surface area contributed by atoms with Crippen LogP contribution in [-0.2, 0) is 18.2 Å². The van der Waals surface area contributed by atoms with Crippen LogP contribution < -0.4 is 10.9 Å². The van der Waals surface area contributed by atoms with Crippen molar-refractivity contribution in [3.8, 4) is 5.75 Å². The van der Waals surface area contributed by atoms with Gasteiger partial charge in [-0.05, 0) is 42.2 Å². The fourth-order valence-corrected chi connectivity index (χ4v) is 3.08. The monoisotopic (exact) mass is 399 g/mol. The second-order valence-electron chi connectivity index (χ2n) is 6.70. The molecule has 0 aliphatic heterocycles. The number of halogens is 1. The van der Waals surface area contributed by atoms with Crippen LogP contribution >= 0.6 is 0 Å². The number of rotatable bonds is 7. The summed E-state index contributed by atoms with van der Waals surface area (Å²) in [7, 11) is 3.08. The van der Waals surface area contributed by atoms with E-state index in [2.05, 4.69) is 10.3 Å². The van der Waals surface area contributed by atoms with Crippen molar-refractivity contribution in [1.29, 1.82) is 0 Å². The van der Waals surface area contributed by atoms with Crippen LogP contribution in [0.1, 0.15) is 27.9 Å². The van der Waals surface area contributed by atoms with E-state index < -0.39 is 17.2 Å². The Kier molecular flexibility index (Phi) is 6.23. The van der Waals surface area contributed by atoms with Gasteiger partial charge in [0.15, 0.2) is 5.75 Å². The Bertz CT molecular complexity index is 1090. The van der Waals surface area contributed by atoms with E-state index in [4.69, 9.17) is 4.74 Å². The summed E-state index contributed by atoms with van der Waals surface area (Å²) in [5, 5.41) is 13.1.